The van der Waals surface area contributed by atoms with Crippen LogP contribution in [0.5, 0.6) is 11.8 Å². The fourth-order valence-electron chi connectivity index (χ4n) is 6.04. The van der Waals surface area contributed by atoms with E-state index in [1.807, 2.05) is 11.9 Å². The third kappa shape index (κ3) is 4.89. The topological polar surface area (TPSA) is 94.8 Å². The monoisotopic (exact) mass is 559 g/mol. The van der Waals surface area contributed by atoms with Crippen LogP contribution in [0, 0.1) is 30.9 Å². The maximum Gasteiger partial charge on any atom is 0.319 e. The molecule has 10 heteroatoms. The number of hydrogen-bond acceptors (Lipinski definition) is 8. The summed E-state index contributed by atoms with van der Waals surface area (Å²) in [6.45, 7) is 4.01. The molecule has 0 spiro atoms. The second kappa shape index (κ2) is 10.7. The number of aryl methyl sites for hydroxylation is 1. The van der Waals surface area contributed by atoms with Gasteiger partial charge in [-0.1, -0.05) is 12.0 Å². The lowest BCUT2D eigenvalue weighted by Crippen LogP contribution is -2.39. The molecule has 0 radical (unpaired) electrons. The van der Waals surface area contributed by atoms with Crippen molar-refractivity contribution in [2.24, 2.45) is 0 Å². The van der Waals surface area contributed by atoms with Crippen LogP contribution in [-0.2, 0) is 0 Å². The highest BCUT2D eigenvalue weighted by Gasteiger charge is 2.28. The normalized spacial score (nSPS) is 19.7. The molecule has 0 unspecified atom stereocenters. The molecule has 2 saturated heterocycles. The number of nitrogens with zero attached hydrogens (tertiary/aromatic N) is 5. The molecule has 6 rings (SSSR count). The first-order valence-corrected chi connectivity index (χ1v) is 13.8. The number of piperidine rings is 1. The lowest BCUT2D eigenvalue weighted by molar-refractivity contribution is 0.153. The molecule has 2 aliphatic heterocycles. The Kier molecular flexibility index (Phi) is 7.09. The van der Waals surface area contributed by atoms with Crippen LogP contribution in [0.2, 0.25) is 0 Å². The summed E-state index contributed by atoms with van der Waals surface area (Å²) in [5, 5.41) is 22.0. The quantitative estimate of drug-likeness (QED) is 0.344. The van der Waals surface area contributed by atoms with E-state index in [0.717, 1.165) is 25.8 Å². The average molecular weight is 560 g/mol. The summed E-state index contributed by atoms with van der Waals surface area (Å²) >= 11 is 0. The van der Waals surface area contributed by atoms with Crippen molar-refractivity contribution in [3.63, 3.8) is 0 Å². The van der Waals surface area contributed by atoms with E-state index in [-0.39, 0.29) is 45.5 Å². The van der Waals surface area contributed by atoms with Crippen LogP contribution in [0.15, 0.2) is 24.3 Å². The molecule has 2 atom stereocenters. The maximum absolute atomic E-state index is 16.6. The van der Waals surface area contributed by atoms with Gasteiger partial charge in [0.1, 0.15) is 35.2 Å². The number of β-amino-alcohol motifs (C(OH)–C–C–N with tert-alkyl or cyclic N) is 1. The lowest BCUT2D eigenvalue weighted by atomic mass is 9.95. The van der Waals surface area contributed by atoms with E-state index in [0.29, 0.717) is 48.4 Å². The summed E-state index contributed by atoms with van der Waals surface area (Å²) in [6.07, 6.45) is 8.58. The Labute approximate surface area is 236 Å². The highest BCUT2D eigenvalue weighted by molar-refractivity contribution is 6.03. The molecule has 212 valence electrons. The zero-order valence-electron chi connectivity index (χ0n) is 23.0. The fourth-order valence-corrected chi connectivity index (χ4v) is 6.04. The van der Waals surface area contributed by atoms with Crippen molar-refractivity contribution in [1.29, 1.82) is 0 Å². The number of aromatic nitrogens is 3. The van der Waals surface area contributed by atoms with Gasteiger partial charge in [-0.2, -0.15) is 9.97 Å². The molecule has 4 aromatic rings. The van der Waals surface area contributed by atoms with Gasteiger partial charge in [0.25, 0.3) is 0 Å². The van der Waals surface area contributed by atoms with Crippen molar-refractivity contribution in [1.82, 2.24) is 19.9 Å². The summed E-state index contributed by atoms with van der Waals surface area (Å²) in [5.41, 5.74) is 0.402. The van der Waals surface area contributed by atoms with Gasteiger partial charge in [0.15, 0.2) is 5.82 Å². The van der Waals surface area contributed by atoms with E-state index < -0.39 is 17.7 Å². The molecule has 2 N–H and O–H groups in total. The molecular formula is C31H31F2N5O3. The minimum absolute atomic E-state index is 0.0116. The number of terminal acetylenes is 1. The van der Waals surface area contributed by atoms with Crippen molar-refractivity contribution >= 4 is 27.5 Å². The Balaban J connectivity index is 1.57. The number of fused-ring (bicyclic) bond motifs is 2. The van der Waals surface area contributed by atoms with E-state index in [4.69, 9.17) is 16.1 Å². The summed E-state index contributed by atoms with van der Waals surface area (Å²) < 4.78 is 37.4. The molecule has 0 amide bonds. The molecule has 2 aromatic heterocycles. The summed E-state index contributed by atoms with van der Waals surface area (Å²) in [7, 11) is 2.04. The van der Waals surface area contributed by atoms with Crippen LogP contribution in [0.3, 0.4) is 0 Å². The van der Waals surface area contributed by atoms with Gasteiger partial charge in [0, 0.05) is 30.1 Å². The second-order valence-electron chi connectivity index (χ2n) is 10.9. The van der Waals surface area contributed by atoms with Gasteiger partial charge in [0.05, 0.1) is 22.7 Å². The number of phenolic OH excluding ortho intramolecular Hbond substituents is 1. The molecular weight excluding hydrogens is 528 g/mol. The van der Waals surface area contributed by atoms with Gasteiger partial charge >= 0.3 is 6.01 Å². The number of aliphatic hydroxyl groups excluding tert-OH is 1. The van der Waals surface area contributed by atoms with Gasteiger partial charge < -0.3 is 24.7 Å². The Morgan fingerprint density at radius 3 is 2.63 bits per heavy atom. The number of aromatic hydroxyl groups is 1. The number of benzene rings is 2. The number of rotatable bonds is 5. The maximum atomic E-state index is 16.6. The number of halogens is 2. The van der Waals surface area contributed by atoms with Gasteiger partial charge in [-0.05, 0) is 69.8 Å². The smallest absolute Gasteiger partial charge is 0.319 e. The molecule has 0 aliphatic carbocycles. The zero-order valence-corrected chi connectivity index (χ0v) is 23.0. The van der Waals surface area contributed by atoms with Gasteiger partial charge in [-0.3, -0.25) is 0 Å². The van der Waals surface area contributed by atoms with E-state index in [2.05, 4.69) is 20.8 Å². The van der Waals surface area contributed by atoms with Crippen molar-refractivity contribution in [2.45, 2.75) is 44.8 Å². The third-order valence-electron chi connectivity index (χ3n) is 8.15. The predicted molar refractivity (Wildman–Crippen MR) is 153 cm³/mol. The molecule has 8 nitrogen and oxygen atoms in total. The first kappa shape index (κ1) is 27.1. The van der Waals surface area contributed by atoms with Crippen molar-refractivity contribution in [3.05, 3.63) is 47.2 Å². The highest BCUT2D eigenvalue weighted by Crippen LogP contribution is 2.40. The molecule has 4 heterocycles. The van der Waals surface area contributed by atoms with Gasteiger partial charge in [-0.15, -0.1) is 6.42 Å². The third-order valence-corrected chi connectivity index (χ3v) is 8.15. The van der Waals surface area contributed by atoms with Crippen LogP contribution in [0.4, 0.5) is 14.6 Å². The van der Waals surface area contributed by atoms with Crippen LogP contribution in [-0.4, -0.2) is 75.5 Å². The van der Waals surface area contributed by atoms with Crippen molar-refractivity contribution in [3.8, 4) is 35.4 Å². The molecule has 2 fully saturated rings. The summed E-state index contributed by atoms with van der Waals surface area (Å²) in [6, 6.07) is 5.70. The minimum atomic E-state index is -0.770. The van der Waals surface area contributed by atoms with Gasteiger partial charge in [-0.25, -0.2) is 13.8 Å². The van der Waals surface area contributed by atoms with Crippen LogP contribution in [0.25, 0.3) is 32.9 Å². The molecule has 2 aromatic carbocycles. The standard InChI is InChI=1S/C31H31F2N5O3/c1-4-22-24(32)10-9-18-13-21(40)14-23(26(18)22)28-27(33)29-25(17(2)34-28)30(38-12-6-8-20(39)15-38)36-31(35-29)41-16-19-7-5-11-37(19)3/h1,9-10,13-14,19-20,39-40H,5-8,11-12,15-16H2,2-3H3/t19-,20+/m0/s1. The fraction of sp³-hybridized carbons (Fsp3) is 0.387. The number of aliphatic hydroxyl groups is 1. The number of likely N-dealkylation sites (tertiary alicyclic amines) is 1. The van der Waals surface area contributed by atoms with Crippen LogP contribution < -0.4 is 9.64 Å². The van der Waals surface area contributed by atoms with Crippen LogP contribution in [0.1, 0.15) is 36.9 Å². The zero-order chi connectivity index (χ0) is 28.8. The van der Waals surface area contributed by atoms with Crippen molar-refractivity contribution < 1.29 is 23.7 Å². The van der Waals surface area contributed by atoms with Crippen LogP contribution >= 0.6 is 0 Å². The molecule has 41 heavy (non-hydrogen) atoms. The minimum Gasteiger partial charge on any atom is -0.508 e. The number of phenols is 1. The predicted octanol–water partition coefficient (Wildman–Crippen LogP) is 4.55. The first-order valence-electron chi connectivity index (χ1n) is 13.8. The van der Waals surface area contributed by atoms with E-state index >= 15 is 4.39 Å². The highest BCUT2D eigenvalue weighted by atomic mass is 19.1. The Morgan fingerprint density at radius 2 is 1.90 bits per heavy atom. The second-order valence-corrected chi connectivity index (χ2v) is 10.9. The number of ether oxygens (including phenoxy) is 1. The van der Waals surface area contributed by atoms with Crippen molar-refractivity contribution in [2.75, 3.05) is 38.2 Å². The average Bonchev–Trinajstić information content (AvgIpc) is 3.37. The Morgan fingerprint density at radius 1 is 1.10 bits per heavy atom. The Bertz CT molecular complexity index is 1710. The number of pyridine rings is 1. The molecule has 2 aliphatic rings. The SMILES string of the molecule is C#Cc1c(F)ccc2cc(O)cc(-c3nc(C)c4c(N5CCC[C@@H](O)C5)nc(OC[C@@H]5CCCN5C)nc4c3F)c12. The molecule has 0 bridgehead atoms. The number of hydrogen-bond donors (Lipinski definition) is 2. The van der Waals surface area contributed by atoms with Gasteiger partial charge in [0.2, 0.25) is 0 Å². The summed E-state index contributed by atoms with van der Waals surface area (Å²) in [5.74, 6) is 1.26. The van der Waals surface area contributed by atoms with E-state index in [9.17, 15) is 14.6 Å². The molecule has 0 saturated carbocycles. The lowest BCUT2D eigenvalue weighted by Gasteiger charge is -2.32. The largest absolute Gasteiger partial charge is 0.508 e. The number of anilines is 1. The van der Waals surface area contributed by atoms with E-state index in [1.165, 1.54) is 24.3 Å². The Hall–Kier alpha value is -4.07. The van der Waals surface area contributed by atoms with E-state index in [1.54, 1.807) is 6.92 Å². The number of likely N-dealkylation sites (N-methyl/N-ethyl adjacent to an activating group) is 1. The first-order chi connectivity index (χ1) is 19.7. The summed E-state index contributed by atoms with van der Waals surface area (Å²) in [4.78, 5) is 17.9.